The lowest BCUT2D eigenvalue weighted by Crippen LogP contribution is -2.43. The van der Waals surface area contributed by atoms with Gasteiger partial charge in [-0.3, -0.25) is 4.79 Å². The summed E-state index contributed by atoms with van der Waals surface area (Å²) in [7, 11) is 0.998. The van der Waals surface area contributed by atoms with Gasteiger partial charge in [0.25, 0.3) is 5.92 Å². The van der Waals surface area contributed by atoms with Gasteiger partial charge < -0.3 is 18.9 Å². The zero-order valence-corrected chi connectivity index (χ0v) is 17.2. The molecule has 2 saturated heterocycles. The van der Waals surface area contributed by atoms with Crippen molar-refractivity contribution in [2.45, 2.75) is 64.1 Å². The molecular weight excluding hydrogens is 367 g/mol. The van der Waals surface area contributed by atoms with Crippen molar-refractivity contribution in [2.24, 2.45) is 0 Å². The molecule has 0 saturated carbocycles. The van der Waals surface area contributed by atoms with E-state index >= 15 is 0 Å². The molecule has 2 heterocycles. The summed E-state index contributed by atoms with van der Waals surface area (Å²) in [6.07, 6.45) is -0.490. The van der Waals surface area contributed by atoms with E-state index < -0.39 is 24.2 Å². The Labute approximate surface area is 165 Å². The molecule has 2 aliphatic heterocycles. The number of methoxy groups -OCH3 is 1. The number of hydrogen-bond acceptors (Lipinski definition) is 4. The average Bonchev–Trinajstić information content (AvgIpc) is 2.82. The van der Waals surface area contributed by atoms with Gasteiger partial charge in [-0.25, -0.2) is 8.78 Å². The minimum Gasteiger partial charge on any atom is -0.496 e. The smallest absolute Gasteiger partial charge is 0.494 e. The number of likely N-dealkylation sites (tertiary alicyclic amines) is 1. The second-order valence-corrected chi connectivity index (χ2v) is 8.57. The summed E-state index contributed by atoms with van der Waals surface area (Å²) in [5, 5.41) is 0. The highest BCUT2D eigenvalue weighted by atomic mass is 19.3. The van der Waals surface area contributed by atoms with Crippen molar-refractivity contribution in [2.75, 3.05) is 20.2 Å². The van der Waals surface area contributed by atoms with Crippen molar-refractivity contribution in [3.8, 4) is 5.75 Å². The van der Waals surface area contributed by atoms with Crippen molar-refractivity contribution >= 4 is 18.5 Å². The zero-order valence-electron chi connectivity index (χ0n) is 17.2. The van der Waals surface area contributed by atoms with Crippen LogP contribution in [0.3, 0.4) is 0 Å². The first-order chi connectivity index (χ1) is 12.9. The molecule has 1 aromatic carbocycles. The maximum Gasteiger partial charge on any atom is 0.494 e. The second-order valence-electron chi connectivity index (χ2n) is 8.57. The van der Waals surface area contributed by atoms with E-state index in [1.807, 2.05) is 39.8 Å². The van der Waals surface area contributed by atoms with Gasteiger partial charge in [-0.1, -0.05) is 12.1 Å². The normalized spacial score (nSPS) is 23.0. The third-order valence-electron chi connectivity index (χ3n) is 6.02. The molecule has 0 aliphatic carbocycles. The fourth-order valence-electron chi connectivity index (χ4n) is 3.42. The van der Waals surface area contributed by atoms with Gasteiger partial charge in [-0.2, -0.15) is 0 Å². The average molecular weight is 395 g/mol. The van der Waals surface area contributed by atoms with E-state index in [-0.39, 0.29) is 38.3 Å². The van der Waals surface area contributed by atoms with Crippen molar-refractivity contribution in [3.05, 3.63) is 23.8 Å². The number of ether oxygens (including phenoxy) is 1. The molecule has 0 spiro atoms. The number of alkyl halides is 2. The Bertz CT molecular complexity index is 728. The predicted octanol–water partition coefficient (Wildman–Crippen LogP) is 2.79. The molecule has 28 heavy (non-hydrogen) atoms. The van der Waals surface area contributed by atoms with Crippen LogP contribution in [-0.4, -0.2) is 55.2 Å². The van der Waals surface area contributed by atoms with Crippen LogP contribution < -0.4 is 10.2 Å². The number of hydrogen-bond donors (Lipinski definition) is 0. The Hall–Kier alpha value is -1.67. The van der Waals surface area contributed by atoms with Crippen LogP contribution in [0.2, 0.25) is 0 Å². The molecule has 0 unspecified atom stereocenters. The van der Waals surface area contributed by atoms with E-state index in [0.717, 1.165) is 5.46 Å². The maximum absolute atomic E-state index is 13.4. The van der Waals surface area contributed by atoms with Crippen LogP contribution >= 0.6 is 0 Å². The largest absolute Gasteiger partial charge is 0.496 e. The summed E-state index contributed by atoms with van der Waals surface area (Å²) in [6, 6.07) is 5.49. The molecule has 0 radical (unpaired) electrons. The Morgan fingerprint density at radius 3 is 2.25 bits per heavy atom. The summed E-state index contributed by atoms with van der Waals surface area (Å²) < 4.78 is 44.3. The summed E-state index contributed by atoms with van der Waals surface area (Å²) >= 11 is 0. The van der Waals surface area contributed by atoms with Crippen molar-refractivity contribution in [1.29, 1.82) is 0 Å². The third kappa shape index (κ3) is 4.18. The quantitative estimate of drug-likeness (QED) is 0.736. The van der Waals surface area contributed by atoms with Crippen LogP contribution in [-0.2, 0) is 20.5 Å². The Kier molecular flexibility index (Phi) is 5.49. The van der Waals surface area contributed by atoms with Gasteiger partial charge in [0.15, 0.2) is 0 Å². The number of amides is 1. The SMILES string of the molecule is COc1ccc(B2OC(C)(C)C(C)(C)O2)cc1CC(=O)N1CCC(F)(F)CC1. The van der Waals surface area contributed by atoms with E-state index in [0.29, 0.717) is 11.3 Å². The fourth-order valence-corrected chi connectivity index (χ4v) is 3.42. The summed E-state index contributed by atoms with van der Waals surface area (Å²) in [6.45, 7) is 8.07. The Morgan fingerprint density at radius 2 is 1.71 bits per heavy atom. The van der Waals surface area contributed by atoms with Crippen LogP contribution in [0.15, 0.2) is 18.2 Å². The lowest BCUT2D eigenvalue weighted by molar-refractivity contribution is -0.136. The first-order valence-electron chi connectivity index (χ1n) is 9.62. The summed E-state index contributed by atoms with van der Waals surface area (Å²) in [5.41, 5.74) is 0.559. The highest BCUT2D eigenvalue weighted by Gasteiger charge is 2.51. The first kappa shape index (κ1) is 21.1. The van der Waals surface area contributed by atoms with E-state index in [1.165, 1.54) is 4.90 Å². The molecule has 0 aromatic heterocycles. The molecule has 2 aliphatic rings. The lowest BCUT2D eigenvalue weighted by atomic mass is 9.78. The standard InChI is InChI=1S/C20H28BF2NO4/c1-18(2)19(3,4)28-21(27-18)15-6-7-16(26-5)14(12-15)13-17(25)24-10-8-20(22,23)9-11-24/h6-7,12H,8-11,13H2,1-5H3. The summed E-state index contributed by atoms with van der Waals surface area (Å²) in [4.78, 5) is 14.1. The number of carbonyl (C=O) groups excluding carboxylic acids is 1. The minimum atomic E-state index is -2.68. The van der Waals surface area contributed by atoms with E-state index in [9.17, 15) is 13.6 Å². The molecular formula is C20H28BF2NO4. The van der Waals surface area contributed by atoms with Gasteiger partial charge >= 0.3 is 7.12 Å². The number of rotatable bonds is 4. The molecule has 8 heteroatoms. The number of benzene rings is 1. The highest BCUT2D eigenvalue weighted by Crippen LogP contribution is 2.36. The topological polar surface area (TPSA) is 48.0 Å². The van der Waals surface area contributed by atoms with Crippen LogP contribution in [0, 0.1) is 0 Å². The van der Waals surface area contributed by atoms with Gasteiger partial charge in [-0.15, -0.1) is 0 Å². The van der Waals surface area contributed by atoms with Crippen molar-refractivity contribution < 1.29 is 27.6 Å². The molecule has 0 atom stereocenters. The lowest BCUT2D eigenvalue weighted by Gasteiger charge is -2.32. The summed E-state index contributed by atoms with van der Waals surface area (Å²) in [5.74, 6) is -2.28. The Balaban J connectivity index is 1.76. The number of carbonyl (C=O) groups is 1. The molecule has 0 N–H and O–H groups in total. The van der Waals surface area contributed by atoms with Crippen LogP contribution in [0.25, 0.3) is 0 Å². The van der Waals surface area contributed by atoms with Crippen molar-refractivity contribution in [1.82, 2.24) is 4.90 Å². The number of halogens is 2. The molecule has 2 fully saturated rings. The molecule has 3 rings (SSSR count). The van der Waals surface area contributed by atoms with Gasteiger partial charge in [0.1, 0.15) is 5.75 Å². The highest BCUT2D eigenvalue weighted by molar-refractivity contribution is 6.62. The molecule has 1 amide bonds. The fraction of sp³-hybridized carbons (Fsp3) is 0.650. The van der Waals surface area contributed by atoms with E-state index in [1.54, 1.807) is 13.2 Å². The molecule has 154 valence electrons. The minimum absolute atomic E-state index is 0.0745. The Morgan fingerprint density at radius 1 is 1.14 bits per heavy atom. The zero-order chi connectivity index (χ0) is 20.7. The monoisotopic (exact) mass is 395 g/mol. The van der Waals surface area contributed by atoms with E-state index in [4.69, 9.17) is 14.0 Å². The van der Waals surface area contributed by atoms with Gasteiger partial charge in [-0.05, 0) is 39.2 Å². The van der Waals surface area contributed by atoms with Crippen LogP contribution in [0.5, 0.6) is 5.75 Å². The van der Waals surface area contributed by atoms with Crippen molar-refractivity contribution in [3.63, 3.8) is 0 Å². The van der Waals surface area contributed by atoms with Gasteiger partial charge in [0.05, 0.1) is 24.7 Å². The predicted molar refractivity (Wildman–Crippen MR) is 103 cm³/mol. The van der Waals surface area contributed by atoms with Gasteiger partial charge in [0.2, 0.25) is 5.91 Å². The molecule has 1 aromatic rings. The molecule has 5 nitrogen and oxygen atoms in total. The van der Waals surface area contributed by atoms with Crippen LogP contribution in [0.4, 0.5) is 8.78 Å². The third-order valence-corrected chi connectivity index (χ3v) is 6.02. The van der Waals surface area contributed by atoms with Gasteiger partial charge in [0, 0.05) is 31.5 Å². The van der Waals surface area contributed by atoms with Crippen LogP contribution in [0.1, 0.15) is 46.1 Å². The van der Waals surface area contributed by atoms with E-state index in [2.05, 4.69) is 0 Å². The second kappa shape index (κ2) is 7.30. The molecule has 0 bridgehead atoms. The first-order valence-corrected chi connectivity index (χ1v) is 9.62. The number of nitrogens with zero attached hydrogens (tertiary/aromatic N) is 1. The maximum atomic E-state index is 13.4. The number of piperidine rings is 1.